The molecule has 0 radical (unpaired) electrons. The van der Waals surface area contributed by atoms with Crippen molar-refractivity contribution < 1.29 is 13.6 Å². The Morgan fingerprint density at radius 1 is 1.00 bits per heavy atom. The van der Waals surface area contributed by atoms with Gasteiger partial charge in [-0.15, -0.1) is 0 Å². The zero-order chi connectivity index (χ0) is 24.1. The lowest BCUT2D eigenvalue weighted by Crippen LogP contribution is -2.35. The van der Waals surface area contributed by atoms with Gasteiger partial charge in [0, 0.05) is 24.2 Å². The Hall–Kier alpha value is -3.94. The number of fused-ring (bicyclic) bond motifs is 1. The van der Waals surface area contributed by atoms with Gasteiger partial charge < -0.3 is 0 Å². The molecule has 2 aromatic carbocycles. The summed E-state index contributed by atoms with van der Waals surface area (Å²) in [4.78, 5) is 32.3. The number of benzene rings is 2. The molecule has 4 rings (SSSR count). The van der Waals surface area contributed by atoms with Crippen LogP contribution in [0.5, 0.6) is 0 Å². The van der Waals surface area contributed by atoms with Crippen molar-refractivity contribution in [1.82, 2.24) is 14.8 Å². The Morgan fingerprint density at radius 2 is 1.76 bits per heavy atom. The van der Waals surface area contributed by atoms with Gasteiger partial charge in [-0.05, 0) is 36.8 Å². The first-order valence-electron chi connectivity index (χ1n) is 11.2. The molecule has 0 aliphatic rings. The number of hydrogen-bond acceptors (Lipinski definition) is 4. The highest BCUT2D eigenvalue weighted by Gasteiger charge is 2.26. The number of nitrogens with zero attached hydrogens (tertiary/aromatic N) is 4. The van der Waals surface area contributed by atoms with Crippen LogP contribution in [0.25, 0.3) is 10.8 Å². The molecule has 0 N–H and O–H groups in total. The summed E-state index contributed by atoms with van der Waals surface area (Å²) in [6.07, 6.45) is 4.19. The van der Waals surface area contributed by atoms with E-state index in [0.29, 0.717) is 23.0 Å². The van der Waals surface area contributed by atoms with Gasteiger partial charge >= 0.3 is 0 Å². The molecule has 0 unspecified atom stereocenters. The number of amides is 1. The summed E-state index contributed by atoms with van der Waals surface area (Å²) in [7, 11) is 0. The third-order valence-corrected chi connectivity index (χ3v) is 5.54. The van der Waals surface area contributed by atoms with E-state index in [9.17, 15) is 18.4 Å². The first kappa shape index (κ1) is 23.2. The number of carbonyl (C=O) groups is 1. The van der Waals surface area contributed by atoms with Crippen molar-refractivity contribution in [2.75, 3.05) is 4.90 Å². The number of aromatic nitrogens is 3. The van der Waals surface area contributed by atoms with Crippen LogP contribution in [0.15, 0.2) is 71.7 Å². The quantitative estimate of drug-likeness (QED) is 0.342. The molecule has 0 bridgehead atoms. The molecule has 0 fully saturated rings. The summed E-state index contributed by atoms with van der Waals surface area (Å²) < 4.78 is 29.7. The fourth-order valence-corrected chi connectivity index (χ4v) is 3.80. The second-order valence-electron chi connectivity index (χ2n) is 7.94. The number of hydrogen-bond donors (Lipinski definition) is 0. The van der Waals surface area contributed by atoms with Crippen LogP contribution < -0.4 is 10.5 Å². The molecule has 2 aromatic heterocycles. The van der Waals surface area contributed by atoms with Gasteiger partial charge in [0.25, 0.3) is 11.5 Å². The molecular formula is C26H24F2N4O2. The standard InChI is InChI=1S/C26H24F2N4O2/c1-2-3-8-15-32-25(33)21-11-5-4-10-20(21)24(30-32)26(34)31(17-19-9-6-7-14-29-19)23-13-12-18(27)16-22(23)28/h4-7,9-14,16H,2-3,8,15,17H2,1H3. The Bertz CT molecular complexity index is 1370. The molecule has 0 saturated carbocycles. The predicted molar refractivity (Wildman–Crippen MR) is 127 cm³/mol. The van der Waals surface area contributed by atoms with Crippen molar-refractivity contribution in [3.8, 4) is 0 Å². The number of pyridine rings is 1. The molecule has 8 heteroatoms. The van der Waals surface area contributed by atoms with Gasteiger partial charge in [0.2, 0.25) is 0 Å². The van der Waals surface area contributed by atoms with E-state index >= 15 is 0 Å². The van der Waals surface area contributed by atoms with Gasteiger partial charge in [0.15, 0.2) is 5.69 Å². The van der Waals surface area contributed by atoms with Gasteiger partial charge in [-0.1, -0.05) is 44.0 Å². The van der Waals surface area contributed by atoms with E-state index in [1.54, 1.807) is 48.7 Å². The average molecular weight is 463 g/mol. The molecule has 174 valence electrons. The van der Waals surface area contributed by atoms with Gasteiger partial charge in [0.1, 0.15) is 11.6 Å². The highest BCUT2D eigenvalue weighted by molar-refractivity contribution is 6.12. The van der Waals surface area contributed by atoms with E-state index in [1.165, 1.54) is 15.6 Å². The summed E-state index contributed by atoms with van der Waals surface area (Å²) in [5.41, 5.74) is 0.144. The molecule has 0 aliphatic carbocycles. The van der Waals surface area contributed by atoms with Crippen molar-refractivity contribution in [3.63, 3.8) is 0 Å². The number of carbonyl (C=O) groups excluding carboxylic acids is 1. The van der Waals surface area contributed by atoms with Crippen LogP contribution >= 0.6 is 0 Å². The molecule has 34 heavy (non-hydrogen) atoms. The second kappa shape index (κ2) is 10.3. The van der Waals surface area contributed by atoms with E-state index in [4.69, 9.17) is 0 Å². The number of halogens is 2. The smallest absolute Gasteiger partial charge is 0.279 e. The summed E-state index contributed by atoms with van der Waals surface area (Å²) in [6, 6.07) is 15.0. The van der Waals surface area contributed by atoms with Gasteiger partial charge in [-0.2, -0.15) is 5.10 Å². The lowest BCUT2D eigenvalue weighted by molar-refractivity contribution is 0.0978. The Morgan fingerprint density at radius 3 is 2.47 bits per heavy atom. The molecular weight excluding hydrogens is 438 g/mol. The third-order valence-electron chi connectivity index (χ3n) is 5.54. The van der Waals surface area contributed by atoms with Crippen molar-refractivity contribution >= 4 is 22.4 Å². The normalized spacial score (nSPS) is 11.0. The van der Waals surface area contributed by atoms with Crippen molar-refractivity contribution in [1.29, 1.82) is 0 Å². The Balaban J connectivity index is 1.85. The molecule has 1 amide bonds. The number of rotatable bonds is 8. The van der Waals surface area contributed by atoms with Crippen molar-refractivity contribution in [2.24, 2.45) is 0 Å². The van der Waals surface area contributed by atoms with Gasteiger partial charge in [-0.3, -0.25) is 19.5 Å². The predicted octanol–water partition coefficient (Wildman–Crippen LogP) is 5.11. The van der Waals surface area contributed by atoms with Crippen LogP contribution in [-0.4, -0.2) is 20.7 Å². The summed E-state index contributed by atoms with van der Waals surface area (Å²) in [5, 5.41) is 5.13. The molecule has 0 aliphatic heterocycles. The van der Waals surface area contributed by atoms with Crippen LogP contribution in [0, 0.1) is 11.6 Å². The average Bonchev–Trinajstić information content (AvgIpc) is 2.85. The first-order valence-corrected chi connectivity index (χ1v) is 11.2. The lowest BCUT2D eigenvalue weighted by Gasteiger charge is -2.23. The minimum absolute atomic E-state index is 0.0198. The van der Waals surface area contributed by atoms with Crippen LogP contribution in [0.3, 0.4) is 0 Å². The van der Waals surface area contributed by atoms with Gasteiger partial charge in [-0.25, -0.2) is 13.5 Å². The molecule has 0 saturated heterocycles. The van der Waals surface area contributed by atoms with Crippen LogP contribution in [0.1, 0.15) is 42.4 Å². The van der Waals surface area contributed by atoms with E-state index in [-0.39, 0.29) is 23.5 Å². The third kappa shape index (κ3) is 4.85. The molecule has 6 nitrogen and oxygen atoms in total. The maximum absolute atomic E-state index is 14.8. The minimum atomic E-state index is -0.884. The van der Waals surface area contributed by atoms with Crippen LogP contribution in [0.2, 0.25) is 0 Å². The number of aryl methyl sites for hydroxylation is 1. The topological polar surface area (TPSA) is 68.1 Å². The fraction of sp³-hybridized carbons (Fsp3) is 0.231. The fourth-order valence-electron chi connectivity index (χ4n) is 3.80. The van der Waals surface area contributed by atoms with E-state index in [2.05, 4.69) is 17.0 Å². The minimum Gasteiger partial charge on any atom is -0.298 e. The first-order chi connectivity index (χ1) is 16.5. The lowest BCUT2D eigenvalue weighted by atomic mass is 10.1. The SMILES string of the molecule is CCCCCn1nc(C(=O)N(Cc2ccccn2)c2ccc(F)cc2F)c2ccccc2c1=O. The van der Waals surface area contributed by atoms with E-state index in [0.717, 1.165) is 31.4 Å². The number of unbranched alkanes of at least 4 members (excludes halogenated alkanes) is 2. The summed E-state index contributed by atoms with van der Waals surface area (Å²) >= 11 is 0. The maximum atomic E-state index is 14.8. The van der Waals surface area contributed by atoms with E-state index in [1.807, 2.05) is 0 Å². The van der Waals surface area contributed by atoms with E-state index < -0.39 is 17.5 Å². The zero-order valence-electron chi connectivity index (χ0n) is 18.7. The molecule has 4 aromatic rings. The largest absolute Gasteiger partial charge is 0.298 e. The summed E-state index contributed by atoms with van der Waals surface area (Å²) in [5.74, 6) is -2.25. The second-order valence-corrected chi connectivity index (χ2v) is 7.94. The zero-order valence-corrected chi connectivity index (χ0v) is 18.7. The molecule has 0 atom stereocenters. The Labute approximate surface area is 195 Å². The highest BCUT2D eigenvalue weighted by atomic mass is 19.1. The Kier molecular flexibility index (Phi) is 7.06. The number of anilines is 1. The highest BCUT2D eigenvalue weighted by Crippen LogP contribution is 2.25. The summed E-state index contributed by atoms with van der Waals surface area (Å²) in [6.45, 7) is 2.36. The van der Waals surface area contributed by atoms with Crippen molar-refractivity contribution in [3.05, 3.63) is 100 Å². The van der Waals surface area contributed by atoms with Crippen LogP contribution in [-0.2, 0) is 13.1 Å². The van der Waals surface area contributed by atoms with Crippen molar-refractivity contribution in [2.45, 2.75) is 39.3 Å². The molecule has 0 spiro atoms. The molecule has 2 heterocycles. The van der Waals surface area contributed by atoms with Gasteiger partial charge in [0.05, 0.1) is 23.3 Å². The van der Waals surface area contributed by atoms with Crippen LogP contribution in [0.4, 0.5) is 14.5 Å². The maximum Gasteiger partial charge on any atom is 0.279 e. The monoisotopic (exact) mass is 462 g/mol.